The Balaban J connectivity index is 1.24. The molecule has 0 radical (unpaired) electrons. The number of nitrogens with one attached hydrogen (secondary N) is 1. The molecule has 1 amide bonds. The third kappa shape index (κ3) is 5.94. The van der Waals surface area contributed by atoms with E-state index in [1.54, 1.807) is 6.20 Å². The fourth-order valence-electron chi connectivity index (χ4n) is 3.24. The number of hydrogen-bond acceptors (Lipinski definition) is 6. The zero-order valence-corrected chi connectivity index (χ0v) is 18.0. The first kappa shape index (κ1) is 22.0. The van der Waals surface area contributed by atoms with Gasteiger partial charge in [0.25, 0.3) is 11.5 Å². The Kier molecular flexibility index (Phi) is 7.27. The van der Waals surface area contributed by atoms with E-state index in [0.717, 1.165) is 10.9 Å². The van der Waals surface area contributed by atoms with Crippen molar-refractivity contribution in [3.8, 4) is 11.5 Å². The van der Waals surface area contributed by atoms with Gasteiger partial charge in [-0.15, -0.1) is 0 Å². The number of rotatable bonds is 10. The Morgan fingerprint density at radius 2 is 1.76 bits per heavy atom. The van der Waals surface area contributed by atoms with Crippen LogP contribution >= 0.6 is 0 Å². The van der Waals surface area contributed by atoms with E-state index in [4.69, 9.17) is 9.47 Å². The second-order valence-electron chi connectivity index (χ2n) is 7.23. The summed E-state index contributed by atoms with van der Waals surface area (Å²) in [4.78, 5) is 28.9. The smallest absolute Gasteiger partial charge is 0.271 e. The average Bonchev–Trinajstić information content (AvgIpc) is 2.85. The number of aromatic nitrogens is 3. The summed E-state index contributed by atoms with van der Waals surface area (Å²) in [6.07, 6.45) is 2.34. The van der Waals surface area contributed by atoms with E-state index >= 15 is 0 Å². The molecule has 0 spiro atoms. The molecule has 2 aromatic heterocycles. The summed E-state index contributed by atoms with van der Waals surface area (Å²) in [5, 5.41) is 7.98. The maximum atomic E-state index is 12.4. The van der Waals surface area contributed by atoms with Gasteiger partial charge in [0.05, 0.1) is 13.2 Å². The summed E-state index contributed by atoms with van der Waals surface area (Å²) in [5.74, 6) is 1.08. The predicted molar refractivity (Wildman–Crippen MR) is 125 cm³/mol. The number of carbonyl (C=O) groups excluding carboxylic acids is 1. The Morgan fingerprint density at radius 3 is 2.64 bits per heavy atom. The number of benzene rings is 2. The molecule has 0 saturated carbocycles. The number of nitrogens with zero attached hydrogens (tertiary/aromatic N) is 3. The lowest BCUT2D eigenvalue weighted by Crippen LogP contribution is -2.31. The maximum Gasteiger partial charge on any atom is 0.271 e. The van der Waals surface area contributed by atoms with Gasteiger partial charge < -0.3 is 14.8 Å². The van der Waals surface area contributed by atoms with Gasteiger partial charge in [-0.1, -0.05) is 36.4 Å². The Morgan fingerprint density at radius 1 is 0.909 bits per heavy atom. The molecule has 2 heterocycles. The van der Waals surface area contributed by atoms with E-state index in [-0.39, 0.29) is 30.3 Å². The van der Waals surface area contributed by atoms with E-state index in [1.807, 2.05) is 60.7 Å². The molecule has 4 rings (SSSR count). The number of hydrogen-bond donors (Lipinski definition) is 1. The highest BCUT2D eigenvalue weighted by molar-refractivity contribution is 5.91. The zero-order chi connectivity index (χ0) is 22.9. The monoisotopic (exact) mass is 444 g/mol. The molecule has 0 atom stereocenters. The van der Waals surface area contributed by atoms with Crippen LogP contribution in [0.4, 0.5) is 0 Å². The lowest BCUT2D eigenvalue weighted by Gasteiger charge is -2.10. The normalized spacial score (nSPS) is 10.7. The SMILES string of the molecule is O=C(NCCCOc1cccc2cccnc12)c1ccc(=O)n(CCOc2ccccc2)n1. The van der Waals surface area contributed by atoms with E-state index in [1.165, 1.54) is 16.8 Å². The zero-order valence-electron chi connectivity index (χ0n) is 18.0. The van der Waals surface area contributed by atoms with Crippen molar-refractivity contribution >= 4 is 16.8 Å². The van der Waals surface area contributed by atoms with E-state index in [9.17, 15) is 9.59 Å². The number of fused-ring (bicyclic) bond motifs is 1. The number of pyridine rings is 1. The summed E-state index contributed by atoms with van der Waals surface area (Å²) in [5.41, 5.74) is 0.695. The number of para-hydroxylation sites is 2. The van der Waals surface area contributed by atoms with Crippen molar-refractivity contribution in [2.24, 2.45) is 0 Å². The highest BCUT2D eigenvalue weighted by atomic mass is 16.5. The van der Waals surface area contributed by atoms with Crippen molar-refractivity contribution < 1.29 is 14.3 Å². The largest absolute Gasteiger partial charge is 0.492 e. The van der Waals surface area contributed by atoms with Gasteiger partial charge in [-0.25, -0.2) is 4.68 Å². The van der Waals surface area contributed by atoms with Gasteiger partial charge in [0.2, 0.25) is 0 Å². The third-order valence-electron chi connectivity index (χ3n) is 4.87. The van der Waals surface area contributed by atoms with Crippen LogP contribution in [-0.4, -0.2) is 40.4 Å². The molecule has 8 nitrogen and oxygen atoms in total. The molecule has 1 N–H and O–H groups in total. The second-order valence-corrected chi connectivity index (χ2v) is 7.23. The van der Waals surface area contributed by atoms with Gasteiger partial charge in [0, 0.05) is 24.2 Å². The first-order valence-electron chi connectivity index (χ1n) is 10.7. The van der Waals surface area contributed by atoms with Gasteiger partial charge in [-0.3, -0.25) is 14.6 Å². The first-order valence-corrected chi connectivity index (χ1v) is 10.7. The molecular weight excluding hydrogens is 420 g/mol. The van der Waals surface area contributed by atoms with Gasteiger partial charge in [0.1, 0.15) is 29.3 Å². The van der Waals surface area contributed by atoms with Crippen LogP contribution in [0.5, 0.6) is 11.5 Å². The van der Waals surface area contributed by atoms with Crippen LogP contribution in [0.1, 0.15) is 16.9 Å². The highest BCUT2D eigenvalue weighted by Crippen LogP contribution is 2.22. The Hall–Kier alpha value is -4.20. The maximum absolute atomic E-state index is 12.4. The van der Waals surface area contributed by atoms with Crippen LogP contribution in [0, 0.1) is 0 Å². The molecule has 8 heteroatoms. The van der Waals surface area contributed by atoms with Crippen LogP contribution in [0.15, 0.2) is 83.8 Å². The lowest BCUT2D eigenvalue weighted by atomic mass is 10.2. The van der Waals surface area contributed by atoms with Crippen LogP contribution in [0.2, 0.25) is 0 Å². The molecule has 0 bridgehead atoms. The number of carbonyl (C=O) groups is 1. The molecule has 0 fully saturated rings. The van der Waals surface area contributed by atoms with Crippen molar-refractivity contribution in [2.75, 3.05) is 19.8 Å². The highest BCUT2D eigenvalue weighted by Gasteiger charge is 2.10. The summed E-state index contributed by atoms with van der Waals surface area (Å²) in [6, 6.07) is 21.7. The van der Waals surface area contributed by atoms with Gasteiger partial charge in [-0.2, -0.15) is 5.10 Å². The minimum Gasteiger partial charge on any atom is -0.492 e. The van der Waals surface area contributed by atoms with E-state index in [0.29, 0.717) is 31.1 Å². The van der Waals surface area contributed by atoms with Crippen molar-refractivity contribution in [3.63, 3.8) is 0 Å². The van der Waals surface area contributed by atoms with E-state index < -0.39 is 0 Å². The number of ether oxygens (including phenoxy) is 2. The Bertz CT molecular complexity index is 1270. The fraction of sp³-hybridized carbons (Fsp3) is 0.200. The van der Waals surface area contributed by atoms with Gasteiger partial charge in [-0.05, 0) is 36.8 Å². The summed E-state index contributed by atoms with van der Waals surface area (Å²) in [6.45, 7) is 1.35. The minimum atomic E-state index is -0.348. The van der Waals surface area contributed by atoms with Crippen molar-refractivity contribution in [1.82, 2.24) is 20.1 Å². The average molecular weight is 444 g/mol. The Labute approximate surface area is 190 Å². The van der Waals surface area contributed by atoms with Crippen molar-refractivity contribution in [3.05, 3.63) is 95.0 Å². The quantitative estimate of drug-likeness (QED) is 0.378. The van der Waals surface area contributed by atoms with Crippen LogP contribution in [-0.2, 0) is 6.54 Å². The van der Waals surface area contributed by atoms with Gasteiger partial charge >= 0.3 is 0 Å². The molecular formula is C25H24N4O4. The predicted octanol–water partition coefficient (Wildman–Crippen LogP) is 3.07. The molecule has 0 aliphatic carbocycles. The van der Waals surface area contributed by atoms with Crippen LogP contribution < -0.4 is 20.3 Å². The number of amides is 1. The van der Waals surface area contributed by atoms with E-state index in [2.05, 4.69) is 15.4 Å². The van der Waals surface area contributed by atoms with Gasteiger partial charge in [0.15, 0.2) is 0 Å². The van der Waals surface area contributed by atoms with Crippen molar-refractivity contribution in [1.29, 1.82) is 0 Å². The van der Waals surface area contributed by atoms with Crippen LogP contribution in [0.3, 0.4) is 0 Å². The first-order chi connectivity index (χ1) is 16.2. The lowest BCUT2D eigenvalue weighted by molar-refractivity contribution is 0.0943. The molecule has 168 valence electrons. The van der Waals surface area contributed by atoms with Crippen LogP contribution in [0.25, 0.3) is 10.9 Å². The molecule has 0 aliphatic rings. The molecule has 0 aliphatic heterocycles. The summed E-state index contributed by atoms with van der Waals surface area (Å²) < 4.78 is 12.7. The molecule has 2 aromatic carbocycles. The standard InChI is InChI=1S/C25H24N4O4/c30-23-13-12-21(28-29(23)16-18-32-20-9-2-1-3-10-20)25(31)27-15-6-17-33-22-11-4-7-19-8-5-14-26-24(19)22/h1-5,7-14H,6,15-18H2,(H,27,31). The molecule has 0 saturated heterocycles. The molecule has 33 heavy (non-hydrogen) atoms. The third-order valence-corrected chi connectivity index (χ3v) is 4.87. The van der Waals surface area contributed by atoms with Crippen molar-refractivity contribution in [2.45, 2.75) is 13.0 Å². The molecule has 4 aromatic rings. The summed E-state index contributed by atoms with van der Waals surface area (Å²) in [7, 11) is 0. The minimum absolute atomic E-state index is 0.175. The summed E-state index contributed by atoms with van der Waals surface area (Å²) >= 11 is 0. The molecule has 0 unspecified atom stereocenters. The topological polar surface area (TPSA) is 95.3 Å². The second kappa shape index (κ2) is 10.9. The fourth-order valence-corrected chi connectivity index (χ4v) is 3.24.